The molecule has 1 N–H and O–H groups in total. The maximum Gasteiger partial charge on any atom is 0.344 e. The number of hydrogen-bond acceptors (Lipinski definition) is 7. The molecule has 0 aliphatic heterocycles. The Morgan fingerprint density at radius 3 is 2.38 bits per heavy atom. The van der Waals surface area contributed by atoms with Gasteiger partial charge in [-0.25, -0.2) is 13.9 Å². The number of carbonyl (C=O) groups excluding carboxylic acids is 1. The molecule has 0 saturated carbocycles. The Bertz CT molecular complexity index is 1950. The number of aromatic hydroxyl groups is 1. The van der Waals surface area contributed by atoms with E-state index in [1.807, 2.05) is 48.5 Å². The quantitative estimate of drug-likeness (QED) is 0.218. The molecule has 6 rings (SSSR count). The Morgan fingerprint density at radius 1 is 0.881 bits per heavy atom. The topological polar surface area (TPSA) is 104 Å². The van der Waals surface area contributed by atoms with Crippen LogP contribution in [0.5, 0.6) is 11.5 Å². The lowest BCUT2D eigenvalue weighted by Crippen LogP contribution is -2.15. The summed E-state index contributed by atoms with van der Waals surface area (Å²) in [5.74, 6) is -0.950. The lowest BCUT2D eigenvalue weighted by molar-refractivity contribution is -0.147. The highest BCUT2D eigenvalue weighted by Gasteiger charge is 2.16. The summed E-state index contributed by atoms with van der Waals surface area (Å²) >= 11 is 0. The van der Waals surface area contributed by atoms with Crippen LogP contribution in [0, 0.1) is 5.82 Å². The fraction of sp³-hybridized carbons (Fsp3) is 0.0606. The Balaban J connectivity index is 1.17. The Labute approximate surface area is 238 Å². The number of benzene rings is 4. The van der Waals surface area contributed by atoms with Crippen molar-refractivity contribution in [3.63, 3.8) is 0 Å². The lowest BCUT2D eigenvalue weighted by Gasteiger charge is -2.09. The van der Waals surface area contributed by atoms with Gasteiger partial charge in [0.25, 0.3) is 0 Å². The Hall–Kier alpha value is -5.70. The molecule has 0 fully saturated rings. The van der Waals surface area contributed by atoms with Crippen molar-refractivity contribution in [1.29, 1.82) is 0 Å². The average Bonchev–Trinajstić information content (AvgIpc) is 3.44. The van der Waals surface area contributed by atoms with Crippen LogP contribution in [0.15, 0.2) is 118 Å². The van der Waals surface area contributed by atoms with Crippen molar-refractivity contribution >= 4 is 16.9 Å². The van der Waals surface area contributed by atoms with Crippen molar-refractivity contribution in [3.05, 3.63) is 131 Å². The Kier molecular flexibility index (Phi) is 7.21. The van der Waals surface area contributed by atoms with Gasteiger partial charge in [-0.1, -0.05) is 60.7 Å². The largest absolute Gasteiger partial charge is 0.507 e. The van der Waals surface area contributed by atoms with Crippen molar-refractivity contribution in [3.8, 4) is 39.8 Å². The van der Waals surface area contributed by atoms with E-state index in [1.54, 1.807) is 35.0 Å². The minimum atomic E-state index is -0.685. The third kappa shape index (κ3) is 5.62. The highest BCUT2D eigenvalue weighted by atomic mass is 19.1. The van der Waals surface area contributed by atoms with E-state index < -0.39 is 18.0 Å². The molecule has 2 aromatic heterocycles. The molecule has 0 atom stereocenters. The molecule has 9 heteroatoms. The number of nitrogens with zero attached hydrogens (tertiary/aromatic N) is 2. The highest BCUT2D eigenvalue weighted by Crippen LogP contribution is 2.31. The first-order valence-electron chi connectivity index (χ1n) is 13.0. The van der Waals surface area contributed by atoms with Crippen LogP contribution in [0.25, 0.3) is 39.2 Å². The van der Waals surface area contributed by atoms with E-state index in [9.17, 15) is 19.1 Å². The average molecular weight is 563 g/mol. The fourth-order valence-electron chi connectivity index (χ4n) is 4.53. The molecule has 0 amide bonds. The van der Waals surface area contributed by atoms with E-state index in [0.717, 1.165) is 5.69 Å². The van der Waals surface area contributed by atoms with E-state index in [2.05, 4.69) is 5.10 Å². The third-order valence-corrected chi connectivity index (χ3v) is 6.46. The molecule has 6 aromatic rings. The zero-order chi connectivity index (χ0) is 29.1. The predicted octanol–water partition coefficient (Wildman–Crippen LogP) is 6.28. The fourth-order valence-corrected chi connectivity index (χ4v) is 4.53. The number of carbonyl (C=O) groups is 1. The Morgan fingerprint density at radius 2 is 1.62 bits per heavy atom. The first kappa shape index (κ1) is 26.5. The number of rotatable bonds is 8. The van der Waals surface area contributed by atoms with Crippen LogP contribution in [0.4, 0.5) is 4.39 Å². The van der Waals surface area contributed by atoms with Crippen molar-refractivity contribution in [2.75, 3.05) is 6.61 Å². The summed E-state index contributed by atoms with van der Waals surface area (Å²) in [6.45, 7) is -0.619. The van der Waals surface area contributed by atoms with Crippen LogP contribution >= 0.6 is 0 Å². The molecule has 0 aliphatic rings. The summed E-state index contributed by atoms with van der Waals surface area (Å²) < 4.78 is 32.4. The first-order valence-corrected chi connectivity index (χ1v) is 13.0. The van der Waals surface area contributed by atoms with E-state index in [-0.39, 0.29) is 34.9 Å². The standard InChI is InChI=1S/C33H23FN2O6/c34-23-11-7-10-22(14-23)27-15-24(35-36(27)25-12-5-2-6-13-25)19-41-32(39)20-40-26-16-28(37)33-29(38)18-30(42-31(33)17-26)21-8-3-1-4-9-21/h1-18,37H,19-20H2. The summed E-state index contributed by atoms with van der Waals surface area (Å²) in [6, 6.07) is 30.3. The van der Waals surface area contributed by atoms with Crippen LogP contribution in [0.1, 0.15) is 5.69 Å². The number of ether oxygens (including phenoxy) is 2. The van der Waals surface area contributed by atoms with Gasteiger partial charge in [-0.15, -0.1) is 0 Å². The van der Waals surface area contributed by atoms with Gasteiger partial charge in [0.05, 0.1) is 11.4 Å². The van der Waals surface area contributed by atoms with Gasteiger partial charge in [0, 0.05) is 29.3 Å². The number of esters is 1. The molecule has 0 unspecified atom stereocenters. The van der Waals surface area contributed by atoms with E-state index in [4.69, 9.17) is 13.9 Å². The second kappa shape index (κ2) is 11.4. The minimum Gasteiger partial charge on any atom is -0.507 e. The van der Waals surface area contributed by atoms with Crippen LogP contribution in [-0.4, -0.2) is 27.5 Å². The molecule has 0 radical (unpaired) electrons. The second-order valence-electron chi connectivity index (χ2n) is 9.38. The molecular weight excluding hydrogens is 539 g/mol. The third-order valence-electron chi connectivity index (χ3n) is 6.46. The van der Waals surface area contributed by atoms with E-state index >= 15 is 0 Å². The molecule has 0 saturated heterocycles. The zero-order valence-electron chi connectivity index (χ0n) is 22.1. The van der Waals surface area contributed by atoms with Gasteiger partial charge in [-0.05, 0) is 30.3 Å². The molecular formula is C33H23FN2O6. The van der Waals surface area contributed by atoms with Gasteiger partial charge in [0.15, 0.2) is 12.0 Å². The molecule has 42 heavy (non-hydrogen) atoms. The highest BCUT2D eigenvalue weighted by molar-refractivity contribution is 5.86. The molecule has 208 valence electrons. The molecule has 0 spiro atoms. The van der Waals surface area contributed by atoms with Crippen LogP contribution in [0.3, 0.4) is 0 Å². The van der Waals surface area contributed by atoms with Crippen molar-refractivity contribution < 1.29 is 28.2 Å². The van der Waals surface area contributed by atoms with E-state index in [1.165, 1.54) is 30.3 Å². The number of halogens is 1. The smallest absolute Gasteiger partial charge is 0.344 e. The summed E-state index contributed by atoms with van der Waals surface area (Å²) in [4.78, 5) is 25.2. The maximum atomic E-state index is 14.0. The summed E-state index contributed by atoms with van der Waals surface area (Å²) in [6.07, 6.45) is 0. The maximum absolute atomic E-state index is 14.0. The summed E-state index contributed by atoms with van der Waals surface area (Å²) in [7, 11) is 0. The zero-order valence-corrected chi connectivity index (χ0v) is 22.1. The molecule has 8 nitrogen and oxygen atoms in total. The predicted molar refractivity (Wildman–Crippen MR) is 154 cm³/mol. The van der Waals surface area contributed by atoms with Gasteiger partial charge in [-0.2, -0.15) is 5.10 Å². The van der Waals surface area contributed by atoms with Crippen molar-refractivity contribution in [2.24, 2.45) is 0 Å². The second-order valence-corrected chi connectivity index (χ2v) is 9.38. The minimum absolute atomic E-state index is 0.00714. The van der Waals surface area contributed by atoms with Crippen molar-refractivity contribution in [2.45, 2.75) is 6.61 Å². The number of aromatic nitrogens is 2. The number of fused-ring (bicyclic) bond motifs is 1. The molecule has 2 heterocycles. The summed E-state index contributed by atoms with van der Waals surface area (Å²) in [5.41, 5.74) is 2.85. The van der Waals surface area contributed by atoms with Gasteiger partial charge >= 0.3 is 5.97 Å². The summed E-state index contributed by atoms with van der Waals surface area (Å²) in [5, 5.41) is 15.0. The molecule has 0 bridgehead atoms. The van der Waals surface area contributed by atoms with Gasteiger partial charge in [0.2, 0.25) is 0 Å². The normalized spacial score (nSPS) is 11.0. The van der Waals surface area contributed by atoms with Crippen LogP contribution in [0.2, 0.25) is 0 Å². The van der Waals surface area contributed by atoms with Gasteiger partial charge in [0.1, 0.15) is 46.3 Å². The van der Waals surface area contributed by atoms with Crippen LogP contribution < -0.4 is 10.2 Å². The molecule has 4 aromatic carbocycles. The number of hydrogen-bond donors (Lipinski definition) is 1. The first-order chi connectivity index (χ1) is 20.4. The SMILES string of the molecule is O=C(COc1cc(O)c2c(=O)cc(-c3ccccc3)oc2c1)OCc1cc(-c2cccc(F)c2)n(-c2ccccc2)n1. The van der Waals surface area contributed by atoms with Gasteiger partial charge in [-0.3, -0.25) is 4.79 Å². The van der Waals surface area contributed by atoms with Gasteiger partial charge < -0.3 is 19.0 Å². The monoisotopic (exact) mass is 562 g/mol. The number of phenols is 1. The van der Waals surface area contributed by atoms with Crippen molar-refractivity contribution in [1.82, 2.24) is 9.78 Å². The molecule has 0 aliphatic carbocycles. The number of phenolic OH excluding ortho intramolecular Hbond substituents is 1. The lowest BCUT2D eigenvalue weighted by atomic mass is 10.1. The van der Waals surface area contributed by atoms with Crippen LogP contribution in [-0.2, 0) is 16.1 Å². The van der Waals surface area contributed by atoms with E-state index in [0.29, 0.717) is 28.3 Å². The number of para-hydroxylation sites is 1.